The summed E-state index contributed by atoms with van der Waals surface area (Å²) in [6.07, 6.45) is 0. The van der Waals surface area contributed by atoms with Gasteiger partial charge in [0.25, 0.3) is 5.19 Å². The van der Waals surface area contributed by atoms with E-state index in [-0.39, 0.29) is 0 Å². The Hall–Kier alpha value is -1.88. The lowest BCUT2D eigenvalue weighted by molar-refractivity contribution is -0.138. The third kappa shape index (κ3) is 2.87. The number of carboxylic acids is 1. The molecule has 2 rings (SSSR count). The number of rotatable bonds is 4. The zero-order chi connectivity index (χ0) is 13.1. The molecule has 0 fully saturated rings. The molecule has 1 aromatic heterocycles. The largest absolute Gasteiger partial charge is 0.481 e. The Bertz CT molecular complexity index is 548. The number of carbonyl (C=O) groups is 1. The fraction of sp³-hybridized carbons (Fsp3) is 0.231. The van der Waals surface area contributed by atoms with E-state index < -0.39 is 11.9 Å². The Morgan fingerprint density at radius 3 is 2.56 bits per heavy atom. The summed E-state index contributed by atoms with van der Waals surface area (Å²) in [4.78, 5) is 15.0. The Kier molecular flexibility index (Phi) is 3.62. The zero-order valence-electron chi connectivity index (χ0n) is 10.1. The molecule has 0 saturated carbocycles. The van der Waals surface area contributed by atoms with Crippen LogP contribution in [0.25, 0.3) is 0 Å². The average Bonchev–Trinajstić information content (AvgIpc) is 2.75. The molecular formula is C13H13NO3S. The van der Waals surface area contributed by atoms with E-state index in [2.05, 4.69) is 4.98 Å². The lowest BCUT2D eigenvalue weighted by Gasteiger charge is -2.07. The molecule has 1 atom stereocenters. The Morgan fingerprint density at radius 2 is 2.06 bits per heavy atom. The normalized spacial score (nSPS) is 12.1. The molecule has 18 heavy (non-hydrogen) atoms. The number of carboxylic acid groups (broad SMARTS) is 1. The van der Waals surface area contributed by atoms with Gasteiger partial charge in [-0.05, 0) is 31.5 Å². The van der Waals surface area contributed by atoms with Gasteiger partial charge in [0.05, 0.1) is 11.6 Å². The smallest absolute Gasteiger partial charge is 0.310 e. The Balaban J connectivity index is 2.10. The minimum atomic E-state index is -0.834. The third-order valence-corrected chi connectivity index (χ3v) is 3.39. The number of thiazole rings is 1. The summed E-state index contributed by atoms with van der Waals surface area (Å²) in [5, 5.41) is 11.4. The van der Waals surface area contributed by atoms with E-state index in [9.17, 15) is 4.79 Å². The standard InChI is InChI=1S/C13H13NO3S/c1-8-7-18-13(14-8)17-11-5-3-10(4-6-11)9(2)12(15)16/h3-7,9H,1-2H3,(H,15,16). The van der Waals surface area contributed by atoms with Crippen molar-refractivity contribution in [2.45, 2.75) is 19.8 Å². The molecule has 0 aliphatic heterocycles. The first kappa shape index (κ1) is 12.6. The summed E-state index contributed by atoms with van der Waals surface area (Å²) in [7, 11) is 0. The average molecular weight is 263 g/mol. The van der Waals surface area contributed by atoms with Gasteiger partial charge in [-0.25, -0.2) is 4.98 Å². The van der Waals surface area contributed by atoms with Crippen molar-refractivity contribution in [3.05, 3.63) is 40.9 Å². The van der Waals surface area contributed by atoms with E-state index in [1.165, 1.54) is 11.3 Å². The van der Waals surface area contributed by atoms with Gasteiger partial charge in [-0.1, -0.05) is 23.5 Å². The zero-order valence-corrected chi connectivity index (χ0v) is 10.9. The van der Waals surface area contributed by atoms with E-state index in [0.29, 0.717) is 10.9 Å². The van der Waals surface area contributed by atoms with Crippen LogP contribution in [0.15, 0.2) is 29.6 Å². The van der Waals surface area contributed by atoms with Crippen LogP contribution in [0.3, 0.4) is 0 Å². The van der Waals surface area contributed by atoms with Gasteiger partial charge in [-0.15, -0.1) is 0 Å². The van der Waals surface area contributed by atoms with E-state index in [0.717, 1.165) is 11.3 Å². The number of hydrogen-bond donors (Lipinski definition) is 1. The SMILES string of the molecule is Cc1csc(Oc2ccc(C(C)C(=O)O)cc2)n1. The molecule has 1 aromatic carbocycles. The van der Waals surface area contributed by atoms with Crippen LogP contribution in [0, 0.1) is 6.92 Å². The lowest BCUT2D eigenvalue weighted by atomic mass is 10.0. The number of ether oxygens (including phenoxy) is 1. The highest BCUT2D eigenvalue weighted by atomic mass is 32.1. The predicted molar refractivity (Wildman–Crippen MR) is 69.4 cm³/mol. The van der Waals surface area contributed by atoms with E-state index >= 15 is 0 Å². The summed E-state index contributed by atoms with van der Waals surface area (Å²) < 4.78 is 5.55. The monoisotopic (exact) mass is 263 g/mol. The number of benzene rings is 1. The van der Waals surface area contributed by atoms with Crippen LogP contribution in [0.4, 0.5) is 0 Å². The van der Waals surface area contributed by atoms with Gasteiger partial charge >= 0.3 is 5.97 Å². The molecule has 94 valence electrons. The number of aliphatic carboxylic acids is 1. The van der Waals surface area contributed by atoms with Gasteiger partial charge in [-0.2, -0.15) is 0 Å². The molecule has 0 bridgehead atoms. The summed E-state index contributed by atoms with van der Waals surface area (Å²) in [5.74, 6) is -0.689. The van der Waals surface area contributed by atoms with Crippen LogP contribution in [-0.4, -0.2) is 16.1 Å². The topological polar surface area (TPSA) is 59.4 Å². The van der Waals surface area contributed by atoms with Crippen molar-refractivity contribution < 1.29 is 14.6 Å². The third-order valence-electron chi connectivity index (χ3n) is 2.55. The van der Waals surface area contributed by atoms with Crippen LogP contribution >= 0.6 is 11.3 Å². The molecule has 5 heteroatoms. The van der Waals surface area contributed by atoms with Crippen LogP contribution in [0.2, 0.25) is 0 Å². The first-order valence-corrected chi connectivity index (χ1v) is 6.37. The second-order valence-electron chi connectivity index (χ2n) is 3.99. The van der Waals surface area contributed by atoms with Gasteiger partial charge in [0.15, 0.2) is 0 Å². The summed E-state index contributed by atoms with van der Waals surface area (Å²) in [5.41, 5.74) is 1.68. The van der Waals surface area contributed by atoms with Gasteiger partial charge in [-0.3, -0.25) is 4.79 Å². The van der Waals surface area contributed by atoms with E-state index in [1.807, 2.05) is 12.3 Å². The number of nitrogens with zero attached hydrogens (tertiary/aromatic N) is 1. The minimum absolute atomic E-state index is 0.513. The van der Waals surface area contributed by atoms with Crippen molar-refractivity contribution in [1.29, 1.82) is 0 Å². The lowest BCUT2D eigenvalue weighted by Crippen LogP contribution is -2.06. The Labute approximate surface area is 109 Å². The molecule has 0 spiro atoms. The van der Waals surface area contributed by atoms with Gasteiger partial charge in [0.2, 0.25) is 0 Å². The van der Waals surface area contributed by atoms with Crippen LogP contribution in [0.1, 0.15) is 24.1 Å². The first-order valence-electron chi connectivity index (χ1n) is 5.49. The molecule has 0 amide bonds. The maximum atomic E-state index is 10.8. The quantitative estimate of drug-likeness (QED) is 0.918. The van der Waals surface area contributed by atoms with E-state index in [1.54, 1.807) is 31.2 Å². The van der Waals surface area contributed by atoms with Crippen molar-refractivity contribution in [3.63, 3.8) is 0 Å². The van der Waals surface area contributed by atoms with Crippen molar-refractivity contribution in [3.8, 4) is 10.9 Å². The van der Waals surface area contributed by atoms with Crippen molar-refractivity contribution in [1.82, 2.24) is 4.98 Å². The summed E-state index contributed by atoms with van der Waals surface area (Å²) in [6, 6.07) is 7.03. The maximum absolute atomic E-state index is 10.8. The fourth-order valence-electron chi connectivity index (χ4n) is 1.45. The molecule has 1 N–H and O–H groups in total. The maximum Gasteiger partial charge on any atom is 0.310 e. The fourth-order valence-corrected chi connectivity index (χ4v) is 2.11. The molecule has 0 aliphatic rings. The van der Waals surface area contributed by atoms with Crippen molar-refractivity contribution >= 4 is 17.3 Å². The molecule has 2 aromatic rings. The minimum Gasteiger partial charge on any atom is -0.481 e. The van der Waals surface area contributed by atoms with Crippen LogP contribution in [0.5, 0.6) is 10.9 Å². The van der Waals surface area contributed by atoms with Gasteiger partial charge in [0.1, 0.15) is 5.75 Å². The molecule has 0 radical (unpaired) electrons. The first-order chi connectivity index (χ1) is 8.56. The second-order valence-corrected chi connectivity index (χ2v) is 4.81. The second kappa shape index (κ2) is 5.18. The summed E-state index contributed by atoms with van der Waals surface area (Å²) >= 11 is 1.43. The van der Waals surface area contributed by atoms with Gasteiger partial charge in [0, 0.05) is 5.38 Å². The van der Waals surface area contributed by atoms with Gasteiger partial charge < -0.3 is 9.84 Å². The molecule has 0 aliphatic carbocycles. The molecule has 0 saturated heterocycles. The van der Waals surface area contributed by atoms with Crippen molar-refractivity contribution in [2.24, 2.45) is 0 Å². The highest BCUT2D eigenvalue weighted by Crippen LogP contribution is 2.26. The number of aryl methyl sites for hydroxylation is 1. The highest BCUT2D eigenvalue weighted by molar-refractivity contribution is 7.11. The molecular weight excluding hydrogens is 250 g/mol. The molecule has 4 nitrogen and oxygen atoms in total. The Morgan fingerprint density at radius 1 is 1.39 bits per heavy atom. The highest BCUT2D eigenvalue weighted by Gasteiger charge is 2.13. The van der Waals surface area contributed by atoms with E-state index in [4.69, 9.17) is 9.84 Å². The van der Waals surface area contributed by atoms with Crippen LogP contribution in [-0.2, 0) is 4.79 Å². The summed E-state index contributed by atoms with van der Waals surface area (Å²) in [6.45, 7) is 3.56. The molecule has 1 unspecified atom stereocenters. The predicted octanol–water partition coefficient (Wildman–Crippen LogP) is 3.43. The van der Waals surface area contributed by atoms with Crippen molar-refractivity contribution in [2.75, 3.05) is 0 Å². The number of hydrogen-bond acceptors (Lipinski definition) is 4. The molecule has 1 heterocycles. The van der Waals surface area contributed by atoms with Crippen LogP contribution < -0.4 is 4.74 Å². The number of aromatic nitrogens is 1.